The number of carbonyl (C=O) groups excluding carboxylic acids is 1. The molecule has 2 heterocycles. The average Bonchev–Trinajstić information content (AvgIpc) is 3.18. The van der Waals surface area contributed by atoms with Crippen molar-refractivity contribution >= 4 is 33.3 Å². The van der Waals surface area contributed by atoms with E-state index in [1.54, 1.807) is 30.2 Å². The molecule has 0 spiro atoms. The molecule has 0 atom stereocenters. The lowest BCUT2D eigenvalue weighted by Gasteiger charge is -2.15. The maximum Gasteiger partial charge on any atom is 0.339 e. The van der Waals surface area contributed by atoms with Crippen molar-refractivity contribution in [2.45, 2.75) is 32.7 Å². The van der Waals surface area contributed by atoms with Gasteiger partial charge < -0.3 is 14.4 Å². The highest BCUT2D eigenvalue weighted by Crippen LogP contribution is 2.27. The normalized spacial score (nSPS) is 11.0. The molecule has 1 N–H and O–H groups in total. The highest BCUT2D eigenvalue weighted by Gasteiger charge is 2.17. The van der Waals surface area contributed by atoms with E-state index in [9.17, 15) is 9.59 Å². The smallest absolute Gasteiger partial charge is 0.339 e. The van der Waals surface area contributed by atoms with Crippen LogP contribution >= 0.6 is 11.3 Å². The van der Waals surface area contributed by atoms with Crippen LogP contribution in [0.5, 0.6) is 0 Å². The first-order valence-corrected chi connectivity index (χ1v) is 9.35. The van der Waals surface area contributed by atoms with E-state index in [4.69, 9.17) is 9.52 Å². The molecule has 0 bridgehead atoms. The van der Waals surface area contributed by atoms with E-state index in [-0.39, 0.29) is 18.0 Å². The Balaban J connectivity index is 1.53. The maximum atomic E-state index is 12.3. The SMILES string of the molecule is Cc1oc(CN(C)C(=O)CCCc2csc3ccccc23)cc1C(=O)O. The largest absolute Gasteiger partial charge is 0.478 e. The molecule has 0 aliphatic heterocycles. The van der Waals surface area contributed by atoms with Gasteiger partial charge in [-0.25, -0.2) is 4.79 Å². The van der Waals surface area contributed by atoms with E-state index < -0.39 is 5.97 Å². The van der Waals surface area contributed by atoms with Crippen molar-refractivity contribution in [3.63, 3.8) is 0 Å². The molecule has 0 saturated heterocycles. The zero-order valence-corrected chi connectivity index (χ0v) is 15.6. The predicted octanol–water partition coefficient (Wildman–Crippen LogP) is 4.48. The van der Waals surface area contributed by atoms with E-state index in [1.807, 2.05) is 12.1 Å². The average molecular weight is 371 g/mol. The predicted molar refractivity (Wildman–Crippen MR) is 102 cm³/mol. The van der Waals surface area contributed by atoms with Gasteiger partial charge in [-0.2, -0.15) is 0 Å². The van der Waals surface area contributed by atoms with Gasteiger partial charge in [-0.05, 0) is 48.2 Å². The number of hydrogen-bond donors (Lipinski definition) is 1. The zero-order chi connectivity index (χ0) is 18.7. The molecular weight excluding hydrogens is 350 g/mol. The molecule has 0 fully saturated rings. The molecule has 1 aromatic carbocycles. The van der Waals surface area contributed by atoms with Crippen LogP contribution in [0.25, 0.3) is 10.1 Å². The number of aromatic carboxylic acids is 1. The van der Waals surface area contributed by atoms with Gasteiger partial charge in [0, 0.05) is 18.2 Å². The molecule has 136 valence electrons. The summed E-state index contributed by atoms with van der Waals surface area (Å²) in [5.74, 6) is -0.151. The molecule has 1 amide bonds. The lowest BCUT2D eigenvalue weighted by atomic mass is 10.1. The van der Waals surface area contributed by atoms with Crippen LogP contribution in [-0.2, 0) is 17.8 Å². The van der Waals surface area contributed by atoms with Crippen LogP contribution in [0, 0.1) is 6.92 Å². The zero-order valence-electron chi connectivity index (χ0n) is 14.8. The van der Waals surface area contributed by atoms with Crippen molar-refractivity contribution < 1.29 is 19.1 Å². The second-order valence-electron chi connectivity index (χ2n) is 6.35. The van der Waals surface area contributed by atoms with Crippen LogP contribution < -0.4 is 0 Å². The Labute approximate surface area is 155 Å². The van der Waals surface area contributed by atoms with E-state index in [0.717, 1.165) is 12.8 Å². The van der Waals surface area contributed by atoms with Crippen molar-refractivity contribution in [2.24, 2.45) is 0 Å². The summed E-state index contributed by atoms with van der Waals surface area (Å²) in [5, 5.41) is 12.5. The van der Waals surface area contributed by atoms with Crippen LogP contribution in [0.4, 0.5) is 0 Å². The van der Waals surface area contributed by atoms with Gasteiger partial charge in [0.15, 0.2) is 0 Å². The summed E-state index contributed by atoms with van der Waals surface area (Å²) in [6, 6.07) is 9.79. The molecule has 3 aromatic rings. The number of carbonyl (C=O) groups is 2. The maximum absolute atomic E-state index is 12.3. The van der Waals surface area contributed by atoms with E-state index in [2.05, 4.69) is 17.5 Å². The minimum atomic E-state index is -1.02. The second-order valence-corrected chi connectivity index (χ2v) is 7.26. The summed E-state index contributed by atoms with van der Waals surface area (Å²) in [6.45, 7) is 1.88. The lowest BCUT2D eigenvalue weighted by molar-refractivity contribution is -0.130. The monoisotopic (exact) mass is 371 g/mol. The number of fused-ring (bicyclic) bond motifs is 1. The third-order valence-electron chi connectivity index (χ3n) is 4.42. The number of nitrogens with zero attached hydrogens (tertiary/aromatic N) is 1. The van der Waals surface area contributed by atoms with Gasteiger partial charge in [-0.1, -0.05) is 18.2 Å². The van der Waals surface area contributed by atoms with Gasteiger partial charge in [0.25, 0.3) is 0 Å². The quantitative estimate of drug-likeness (QED) is 0.665. The minimum Gasteiger partial charge on any atom is -0.478 e. The number of rotatable bonds is 7. The number of carboxylic acids is 1. The highest BCUT2D eigenvalue weighted by atomic mass is 32.1. The van der Waals surface area contributed by atoms with Crippen LogP contribution in [0.1, 0.15) is 40.3 Å². The Hall–Kier alpha value is -2.60. The highest BCUT2D eigenvalue weighted by molar-refractivity contribution is 7.17. The number of furan rings is 1. The molecule has 2 aromatic heterocycles. The van der Waals surface area contributed by atoms with Crippen molar-refractivity contribution in [1.82, 2.24) is 4.90 Å². The van der Waals surface area contributed by atoms with Crippen molar-refractivity contribution in [3.8, 4) is 0 Å². The van der Waals surface area contributed by atoms with E-state index in [0.29, 0.717) is 17.9 Å². The summed E-state index contributed by atoms with van der Waals surface area (Å²) in [4.78, 5) is 25.0. The van der Waals surface area contributed by atoms with Crippen LogP contribution in [-0.4, -0.2) is 28.9 Å². The number of aryl methyl sites for hydroxylation is 2. The van der Waals surface area contributed by atoms with Crippen LogP contribution in [0.15, 0.2) is 40.1 Å². The van der Waals surface area contributed by atoms with Gasteiger partial charge in [-0.15, -0.1) is 11.3 Å². The molecule has 26 heavy (non-hydrogen) atoms. The topological polar surface area (TPSA) is 70.8 Å². The second kappa shape index (κ2) is 7.74. The first kappa shape index (κ1) is 18.2. The Morgan fingerprint density at radius 3 is 2.77 bits per heavy atom. The number of thiophene rings is 1. The number of amides is 1. The fraction of sp³-hybridized carbons (Fsp3) is 0.300. The number of benzene rings is 1. The van der Waals surface area contributed by atoms with Crippen LogP contribution in [0.2, 0.25) is 0 Å². The van der Waals surface area contributed by atoms with Gasteiger partial charge >= 0.3 is 5.97 Å². The van der Waals surface area contributed by atoms with Gasteiger partial charge in [0.05, 0.1) is 6.54 Å². The molecular formula is C20H21NO4S. The van der Waals surface area contributed by atoms with Crippen LogP contribution in [0.3, 0.4) is 0 Å². The standard InChI is InChI=1S/C20H21NO4S/c1-13-17(20(23)24)10-15(25-13)11-21(2)19(22)9-5-6-14-12-26-18-8-4-3-7-16(14)18/h3-4,7-8,10,12H,5-6,9,11H2,1-2H3,(H,23,24). The van der Waals surface area contributed by atoms with Crippen molar-refractivity contribution in [2.75, 3.05) is 7.05 Å². The third kappa shape index (κ3) is 3.96. The Kier molecular flexibility index (Phi) is 5.42. The van der Waals surface area contributed by atoms with Crippen molar-refractivity contribution in [3.05, 3.63) is 58.4 Å². The lowest BCUT2D eigenvalue weighted by Crippen LogP contribution is -2.25. The van der Waals surface area contributed by atoms with Gasteiger partial charge in [0.1, 0.15) is 17.1 Å². The first-order chi connectivity index (χ1) is 12.5. The molecule has 3 rings (SSSR count). The molecule has 5 nitrogen and oxygen atoms in total. The third-order valence-corrected chi connectivity index (χ3v) is 5.43. The molecule has 6 heteroatoms. The Morgan fingerprint density at radius 2 is 2.04 bits per heavy atom. The van der Waals surface area contributed by atoms with Gasteiger partial charge in [0.2, 0.25) is 5.91 Å². The first-order valence-electron chi connectivity index (χ1n) is 8.47. The summed E-state index contributed by atoms with van der Waals surface area (Å²) < 4.78 is 6.71. The van der Waals surface area contributed by atoms with Gasteiger partial charge in [-0.3, -0.25) is 4.79 Å². The molecule has 0 saturated carbocycles. The summed E-state index contributed by atoms with van der Waals surface area (Å²) in [7, 11) is 1.71. The Bertz CT molecular complexity index is 940. The molecule has 0 aliphatic carbocycles. The Morgan fingerprint density at radius 1 is 1.27 bits per heavy atom. The molecule has 0 aliphatic rings. The fourth-order valence-corrected chi connectivity index (χ4v) is 4.00. The summed E-state index contributed by atoms with van der Waals surface area (Å²) >= 11 is 1.73. The summed E-state index contributed by atoms with van der Waals surface area (Å²) in [5.41, 5.74) is 1.43. The fourth-order valence-electron chi connectivity index (χ4n) is 3.00. The number of hydrogen-bond acceptors (Lipinski definition) is 4. The molecule has 0 unspecified atom stereocenters. The summed E-state index contributed by atoms with van der Waals surface area (Å²) in [6.07, 6.45) is 2.10. The minimum absolute atomic E-state index is 0.0236. The van der Waals surface area contributed by atoms with E-state index in [1.165, 1.54) is 21.7 Å². The number of carboxylic acid groups (broad SMARTS) is 1. The van der Waals surface area contributed by atoms with Crippen molar-refractivity contribution in [1.29, 1.82) is 0 Å². The van der Waals surface area contributed by atoms with E-state index >= 15 is 0 Å². The molecule has 0 radical (unpaired) electrons.